The lowest BCUT2D eigenvalue weighted by Gasteiger charge is -2.09. The second-order valence-corrected chi connectivity index (χ2v) is 3.57. The van der Waals surface area contributed by atoms with Gasteiger partial charge in [0.1, 0.15) is 5.92 Å². The van der Waals surface area contributed by atoms with Gasteiger partial charge in [-0.1, -0.05) is 30.3 Å². The summed E-state index contributed by atoms with van der Waals surface area (Å²) in [6.45, 7) is 5.01. The van der Waals surface area contributed by atoms with Crippen molar-refractivity contribution in [2.45, 2.75) is 13.3 Å². The van der Waals surface area contributed by atoms with E-state index < -0.39 is 11.9 Å². The minimum Gasteiger partial charge on any atom is -0.481 e. The number of Topliss-reactive ketones (excluding diaryl/α,β-unsaturated/α-hetero) is 1. The third-order valence-corrected chi connectivity index (χ3v) is 2.41. The molecule has 16 heavy (non-hydrogen) atoms. The number of hydrogen-bond donors (Lipinski definition) is 1. The maximum atomic E-state index is 11.9. The van der Waals surface area contributed by atoms with Crippen molar-refractivity contribution >= 4 is 11.8 Å². The van der Waals surface area contributed by atoms with Crippen molar-refractivity contribution in [2.24, 2.45) is 5.92 Å². The van der Waals surface area contributed by atoms with Gasteiger partial charge in [-0.05, 0) is 18.9 Å². The van der Waals surface area contributed by atoms with Crippen LogP contribution in [0.5, 0.6) is 0 Å². The molecule has 0 saturated carbocycles. The number of ketones is 1. The van der Waals surface area contributed by atoms with E-state index >= 15 is 0 Å². The lowest BCUT2D eigenvalue weighted by Crippen LogP contribution is -2.21. The smallest absolute Gasteiger partial charge is 0.314 e. The normalized spacial score (nSPS) is 11.8. The number of rotatable bonds is 5. The van der Waals surface area contributed by atoms with Crippen LogP contribution in [0.25, 0.3) is 0 Å². The summed E-state index contributed by atoms with van der Waals surface area (Å²) in [6.07, 6.45) is 2.26. The third-order valence-electron chi connectivity index (χ3n) is 2.41. The minimum absolute atomic E-state index is 0.357. The molecule has 1 N–H and O–H groups in total. The maximum Gasteiger partial charge on any atom is 0.314 e. The highest BCUT2D eigenvalue weighted by atomic mass is 16.4. The summed E-state index contributed by atoms with van der Waals surface area (Å²) in [5.41, 5.74) is 1.29. The molecule has 0 heterocycles. The van der Waals surface area contributed by atoms with E-state index in [1.807, 2.05) is 12.1 Å². The van der Waals surface area contributed by atoms with Gasteiger partial charge < -0.3 is 5.11 Å². The number of benzene rings is 1. The molecular formula is C13H14O3. The Hall–Kier alpha value is -1.90. The zero-order valence-electron chi connectivity index (χ0n) is 9.14. The van der Waals surface area contributed by atoms with Crippen LogP contribution < -0.4 is 0 Å². The van der Waals surface area contributed by atoms with Crippen molar-refractivity contribution in [3.8, 4) is 0 Å². The molecular weight excluding hydrogens is 204 g/mol. The summed E-state index contributed by atoms with van der Waals surface area (Å²) in [5, 5.41) is 8.79. The molecule has 3 heteroatoms. The number of allylic oxidation sites excluding steroid dienone is 1. The van der Waals surface area contributed by atoms with Crippen molar-refractivity contribution < 1.29 is 14.7 Å². The Morgan fingerprint density at radius 3 is 2.62 bits per heavy atom. The zero-order chi connectivity index (χ0) is 12.1. The van der Waals surface area contributed by atoms with Crippen LogP contribution in [0.4, 0.5) is 0 Å². The molecule has 0 aromatic heterocycles. The highest BCUT2D eigenvalue weighted by molar-refractivity contribution is 6.08. The molecule has 0 saturated heterocycles. The van der Waals surface area contributed by atoms with E-state index in [1.54, 1.807) is 18.2 Å². The Kier molecular flexibility index (Phi) is 4.00. The first-order valence-corrected chi connectivity index (χ1v) is 5.03. The zero-order valence-corrected chi connectivity index (χ0v) is 9.14. The maximum absolute atomic E-state index is 11.9. The first-order valence-electron chi connectivity index (χ1n) is 5.03. The number of carboxylic acids is 1. The molecule has 0 amide bonds. The summed E-state index contributed by atoms with van der Waals surface area (Å²) in [5.74, 6) is -2.46. The quantitative estimate of drug-likeness (QED) is 0.468. The van der Waals surface area contributed by atoms with Crippen LogP contribution >= 0.6 is 0 Å². The first kappa shape index (κ1) is 12.2. The molecule has 3 nitrogen and oxygen atoms in total. The van der Waals surface area contributed by atoms with Gasteiger partial charge in [-0.25, -0.2) is 0 Å². The number of carbonyl (C=O) groups excluding carboxylic acids is 1. The molecule has 0 aliphatic carbocycles. The number of hydrogen-bond acceptors (Lipinski definition) is 2. The molecule has 1 atom stereocenters. The summed E-state index contributed by atoms with van der Waals surface area (Å²) >= 11 is 0. The van der Waals surface area contributed by atoms with Crippen LogP contribution in [-0.4, -0.2) is 16.9 Å². The summed E-state index contributed by atoms with van der Waals surface area (Å²) < 4.78 is 0. The molecule has 1 unspecified atom stereocenters. The Labute approximate surface area is 94.4 Å². The average Bonchev–Trinajstić information content (AvgIpc) is 2.28. The summed E-state index contributed by atoms with van der Waals surface area (Å²) in [7, 11) is 0. The SMILES string of the molecule is C=CCc1ccccc1C(=O)C(C)C(=O)O. The molecule has 1 aromatic carbocycles. The Balaban J connectivity index is 3.07. The molecule has 0 aliphatic rings. The van der Waals surface area contributed by atoms with Crippen molar-refractivity contribution in [2.75, 3.05) is 0 Å². The predicted octanol–water partition coefficient (Wildman–Crippen LogP) is 2.32. The fourth-order valence-corrected chi connectivity index (χ4v) is 1.44. The van der Waals surface area contributed by atoms with Crippen LogP contribution in [0.3, 0.4) is 0 Å². The fourth-order valence-electron chi connectivity index (χ4n) is 1.44. The molecule has 0 spiro atoms. The van der Waals surface area contributed by atoms with Gasteiger partial charge in [-0.3, -0.25) is 9.59 Å². The van der Waals surface area contributed by atoms with Crippen LogP contribution in [-0.2, 0) is 11.2 Å². The lowest BCUT2D eigenvalue weighted by molar-refractivity contribution is -0.139. The van der Waals surface area contributed by atoms with Gasteiger partial charge >= 0.3 is 5.97 Å². The summed E-state index contributed by atoms with van der Waals surface area (Å²) in [6, 6.07) is 7.01. The largest absolute Gasteiger partial charge is 0.481 e. The molecule has 84 valence electrons. The van der Waals surface area contributed by atoms with Crippen LogP contribution in [0.1, 0.15) is 22.8 Å². The minimum atomic E-state index is -1.10. The van der Waals surface area contributed by atoms with E-state index in [9.17, 15) is 9.59 Å². The Morgan fingerprint density at radius 2 is 2.06 bits per heavy atom. The van der Waals surface area contributed by atoms with Gasteiger partial charge in [-0.15, -0.1) is 6.58 Å². The van der Waals surface area contributed by atoms with Crippen molar-refractivity contribution in [3.63, 3.8) is 0 Å². The highest BCUT2D eigenvalue weighted by Crippen LogP contribution is 2.15. The van der Waals surface area contributed by atoms with E-state index in [0.717, 1.165) is 5.56 Å². The molecule has 0 bridgehead atoms. The number of aliphatic carboxylic acids is 1. The van der Waals surface area contributed by atoms with Crippen LogP contribution in [0, 0.1) is 5.92 Å². The van der Waals surface area contributed by atoms with Crippen LogP contribution in [0.15, 0.2) is 36.9 Å². The van der Waals surface area contributed by atoms with E-state index in [2.05, 4.69) is 6.58 Å². The second-order valence-electron chi connectivity index (χ2n) is 3.57. The third kappa shape index (κ3) is 2.57. The number of carbonyl (C=O) groups is 2. The standard InChI is InChI=1S/C13H14O3/c1-3-6-10-7-4-5-8-11(10)12(14)9(2)13(15)16/h3-5,7-9H,1,6H2,2H3,(H,15,16). The molecule has 1 aromatic rings. The van der Waals surface area contributed by atoms with E-state index in [1.165, 1.54) is 6.92 Å². The second kappa shape index (κ2) is 5.26. The van der Waals surface area contributed by atoms with Crippen molar-refractivity contribution in [1.82, 2.24) is 0 Å². The molecule has 0 radical (unpaired) electrons. The average molecular weight is 218 g/mol. The lowest BCUT2D eigenvalue weighted by atomic mass is 9.94. The van der Waals surface area contributed by atoms with E-state index in [-0.39, 0.29) is 5.78 Å². The predicted molar refractivity (Wildman–Crippen MR) is 61.5 cm³/mol. The van der Waals surface area contributed by atoms with Crippen molar-refractivity contribution in [1.29, 1.82) is 0 Å². The molecule has 0 aliphatic heterocycles. The Morgan fingerprint density at radius 1 is 1.44 bits per heavy atom. The van der Waals surface area contributed by atoms with Gasteiger partial charge in [0.05, 0.1) is 0 Å². The Bertz CT molecular complexity index is 421. The fraction of sp³-hybridized carbons (Fsp3) is 0.231. The van der Waals surface area contributed by atoms with Gasteiger partial charge in [0.2, 0.25) is 0 Å². The molecule has 1 rings (SSSR count). The van der Waals surface area contributed by atoms with Gasteiger partial charge in [0.15, 0.2) is 5.78 Å². The van der Waals surface area contributed by atoms with E-state index in [4.69, 9.17) is 5.11 Å². The molecule has 0 fully saturated rings. The first-order chi connectivity index (χ1) is 7.57. The highest BCUT2D eigenvalue weighted by Gasteiger charge is 2.23. The van der Waals surface area contributed by atoms with Crippen LogP contribution in [0.2, 0.25) is 0 Å². The van der Waals surface area contributed by atoms with E-state index in [0.29, 0.717) is 12.0 Å². The van der Waals surface area contributed by atoms with Gasteiger partial charge in [0.25, 0.3) is 0 Å². The monoisotopic (exact) mass is 218 g/mol. The summed E-state index contributed by atoms with van der Waals surface area (Å²) in [4.78, 5) is 22.6. The number of carboxylic acid groups (broad SMARTS) is 1. The van der Waals surface area contributed by atoms with Gasteiger partial charge in [0, 0.05) is 5.56 Å². The topological polar surface area (TPSA) is 54.4 Å². The van der Waals surface area contributed by atoms with Crippen molar-refractivity contribution in [3.05, 3.63) is 48.0 Å². The van der Waals surface area contributed by atoms with Gasteiger partial charge in [-0.2, -0.15) is 0 Å².